The lowest BCUT2D eigenvalue weighted by molar-refractivity contribution is -0.122. The van der Waals surface area contributed by atoms with Gasteiger partial charge in [0.15, 0.2) is 0 Å². The molecule has 1 aliphatic heterocycles. The van der Waals surface area contributed by atoms with Crippen LogP contribution >= 0.6 is 0 Å². The molecule has 0 saturated heterocycles. The third-order valence-corrected chi connectivity index (χ3v) is 3.35. The molecular weight excluding hydrogens is 270 g/mol. The number of nitrogens with one attached hydrogen (secondary N) is 3. The maximum atomic E-state index is 12.1. The lowest BCUT2D eigenvalue weighted by atomic mass is 10.00. The predicted octanol–water partition coefficient (Wildman–Crippen LogP) is 0.826. The Morgan fingerprint density at radius 2 is 2.10 bits per heavy atom. The van der Waals surface area contributed by atoms with Crippen molar-refractivity contribution in [3.63, 3.8) is 0 Å². The van der Waals surface area contributed by atoms with Gasteiger partial charge in [-0.15, -0.1) is 0 Å². The van der Waals surface area contributed by atoms with Crippen LogP contribution in [-0.4, -0.2) is 30.3 Å². The molecule has 21 heavy (non-hydrogen) atoms. The van der Waals surface area contributed by atoms with Crippen molar-refractivity contribution in [1.82, 2.24) is 10.6 Å². The molecule has 0 aliphatic carbocycles. The van der Waals surface area contributed by atoms with Crippen LogP contribution in [0.2, 0.25) is 0 Å². The largest absolute Gasteiger partial charge is 0.355 e. The first kappa shape index (κ1) is 15.0. The van der Waals surface area contributed by atoms with Gasteiger partial charge in [0.2, 0.25) is 11.8 Å². The molecule has 1 aliphatic rings. The summed E-state index contributed by atoms with van der Waals surface area (Å²) >= 11 is 0. The van der Waals surface area contributed by atoms with E-state index in [0.29, 0.717) is 24.9 Å². The normalized spacial score (nSPS) is 14.7. The van der Waals surface area contributed by atoms with E-state index in [1.165, 1.54) is 0 Å². The van der Waals surface area contributed by atoms with E-state index in [1.807, 2.05) is 6.92 Å². The van der Waals surface area contributed by atoms with Gasteiger partial charge in [-0.2, -0.15) is 0 Å². The number of carbonyl (C=O) groups excluding carboxylic acids is 3. The van der Waals surface area contributed by atoms with Crippen molar-refractivity contribution in [2.24, 2.45) is 0 Å². The van der Waals surface area contributed by atoms with Crippen LogP contribution in [0.1, 0.15) is 36.2 Å². The summed E-state index contributed by atoms with van der Waals surface area (Å²) in [5.74, 6) is -0.519. The number of hydrogen-bond acceptors (Lipinski definition) is 3. The van der Waals surface area contributed by atoms with Crippen LogP contribution in [0.4, 0.5) is 5.69 Å². The van der Waals surface area contributed by atoms with Gasteiger partial charge in [-0.3, -0.25) is 14.4 Å². The van der Waals surface area contributed by atoms with Crippen LogP contribution in [0.15, 0.2) is 18.2 Å². The summed E-state index contributed by atoms with van der Waals surface area (Å²) in [5.41, 5.74) is 2.17. The zero-order valence-corrected chi connectivity index (χ0v) is 12.2. The molecule has 0 spiro atoms. The molecule has 2 rings (SSSR count). The maximum Gasteiger partial charge on any atom is 0.251 e. The summed E-state index contributed by atoms with van der Waals surface area (Å²) in [6.45, 7) is 3.99. The standard InChI is InChI=1S/C15H19N3O3/c1-3-16-14(20)9(2)17-15(21)11-4-6-12-10(8-11)5-7-13(19)18-12/h4,6,8-9H,3,5,7H2,1-2H3,(H,16,20)(H,17,21)(H,18,19). The molecule has 3 N–H and O–H groups in total. The number of likely N-dealkylation sites (N-methyl/N-ethyl adjacent to an activating group) is 1. The number of fused-ring (bicyclic) bond motifs is 1. The fraction of sp³-hybridized carbons (Fsp3) is 0.400. The minimum atomic E-state index is -0.590. The van der Waals surface area contributed by atoms with Crippen molar-refractivity contribution in [3.05, 3.63) is 29.3 Å². The Balaban J connectivity index is 2.06. The maximum absolute atomic E-state index is 12.1. The van der Waals surface area contributed by atoms with E-state index in [1.54, 1.807) is 25.1 Å². The van der Waals surface area contributed by atoms with Gasteiger partial charge < -0.3 is 16.0 Å². The minimum Gasteiger partial charge on any atom is -0.355 e. The molecule has 1 unspecified atom stereocenters. The Morgan fingerprint density at radius 3 is 2.81 bits per heavy atom. The van der Waals surface area contributed by atoms with E-state index in [2.05, 4.69) is 16.0 Å². The number of amides is 3. The van der Waals surface area contributed by atoms with E-state index < -0.39 is 6.04 Å². The van der Waals surface area contributed by atoms with Gasteiger partial charge in [-0.05, 0) is 44.0 Å². The highest BCUT2D eigenvalue weighted by Gasteiger charge is 2.19. The SMILES string of the molecule is CCNC(=O)C(C)NC(=O)c1ccc2c(c1)CCC(=O)N2. The second kappa shape index (κ2) is 6.39. The quantitative estimate of drug-likeness (QED) is 0.767. The molecule has 1 heterocycles. The highest BCUT2D eigenvalue weighted by Crippen LogP contribution is 2.23. The lowest BCUT2D eigenvalue weighted by Crippen LogP contribution is -2.44. The summed E-state index contributed by atoms with van der Waals surface area (Å²) in [6.07, 6.45) is 1.04. The van der Waals surface area contributed by atoms with Gasteiger partial charge in [0.05, 0.1) is 0 Å². The fourth-order valence-corrected chi connectivity index (χ4v) is 2.20. The van der Waals surface area contributed by atoms with Crippen LogP contribution in [0, 0.1) is 0 Å². The van der Waals surface area contributed by atoms with Crippen molar-refractivity contribution in [1.29, 1.82) is 0 Å². The number of carbonyl (C=O) groups is 3. The van der Waals surface area contributed by atoms with Crippen LogP contribution < -0.4 is 16.0 Å². The summed E-state index contributed by atoms with van der Waals surface area (Å²) < 4.78 is 0. The topological polar surface area (TPSA) is 87.3 Å². The Hall–Kier alpha value is -2.37. The van der Waals surface area contributed by atoms with Crippen LogP contribution in [-0.2, 0) is 16.0 Å². The van der Waals surface area contributed by atoms with Gasteiger partial charge in [0.25, 0.3) is 5.91 Å². The molecule has 0 fully saturated rings. The summed E-state index contributed by atoms with van der Waals surface area (Å²) in [5, 5.41) is 8.08. The molecule has 0 radical (unpaired) electrons. The molecule has 1 aromatic carbocycles. The first-order valence-corrected chi connectivity index (χ1v) is 7.02. The number of aryl methyl sites for hydroxylation is 1. The van der Waals surface area contributed by atoms with Gasteiger partial charge in [-0.1, -0.05) is 0 Å². The second-order valence-corrected chi connectivity index (χ2v) is 5.01. The highest BCUT2D eigenvalue weighted by molar-refractivity contribution is 5.99. The second-order valence-electron chi connectivity index (χ2n) is 5.01. The molecule has 0 saturated carbocycles. The fourth-order valence-electron chi connectivity index (χ4n) is 2.20. The predicted molar refractivity (Wildman–Crippen MR) is 79.0 cm³/mol. The summed E-state index contributed by atoms with van der Waals surface area (Å²) in [7, 11) is 0. The van der Waals surface area contributed by atoms with Crippen LogP contribution in [0.3, 0.4) is 0 Å². The average molecular weight is 289 g/mol. The highest BCUT2D eigenvalue weighted by atomic mass is 16.2. The zero-order valence-electron chi connectivity index (χ0n) is 12.2. The van der Waals surface area contributed by atoms with Crippen LogP contribution in [0.5, 0.6) is 0 Å². The number of anilines is 1. The summed E-state index contributed by atoms with van der Waals surface area (Å²) in [6, 6.07) is 4.53. The molecule has 112 valence electrons. The Labute approximate surface area is 123 Å². The number of rotatable bonds is 4. The molecule has 3 amide bonds. The van der Waals surface area contributed by atoms with Crippen LogP contribution in [0.25, 0.3) is 0 Å². The van der Waals surface area contributed by atoms with E-state index in [9.17, 15) is 14.4 Å². The molecule has 6 nitrogen and oxygen atoms in total. The smallest absolute Gasteiger partial charge is 0.251 e. The van der Waals surface area contributed by atoms with E-state index >= 15 is 0 Å². The molecular formula is C15H19N3O3. The molecule has 1 aromatic rings. The third-order valence-electron chi connectivity index (χ3n) is 3.35. The third kappa shape index (κ3) is 3.59. The Bertz CT molecular complexity index is 584. The molecule has 1 atom stereocenters. The Kier molecular flexibility index (Phi) is 4.57. The summed E-state index contributed by atoms with van der Waals surface area (Å²) in [4.78, 5) is 35.0. The molecule has 6 heteroatoms. The molecule has 0 aromatic heterocycles. The zero-order chi connectivity index (χ0) is 15.4. The van der Waals surface area contributed by atoms with Crippen molar-refractivity contribution in [3.8, 4) is 0 Å². The van der Waals surface area contributed by atoms with Gasteiger partial charge in [0.1, 0.15) is 6.04 Å². The van der Waals surface area contributed by atoms with Gasteiger partial charge >= 0.3 is 0 Å². The van der Waals surface area contributed by atoms with Crippen molar-refractivity contribution < 1.29 is 14.4 Å². The minimum absolute atomic E-state index is 0.00967. The van der Waals surface area contributed by atoms with Gasteiger partial charge in [0, 0.05) is 24.2 Å². The first-order valence-electron chi connectivity index (χ1n) is 7.02. The number of hydrogen-bond donors (Lipinski definition) is 3. The lowest BCUT2D eigenvalue weighted by Gasteiger charge is -2.18. The molecule has 0 bridgehead atoms. The first-order chi connectivity index (χ1) is 10.0. The van der Waals surface area contributed by atoms with E-state index in [4.69, 9.17) is 0 Å². The Morgan fingerprint density at radius 1 is 1.33 bits per heavy atom. The average Bonchev–Trinajstić information content (AvgIpc) is 2.46. The van der Waals surface area contributed by atoms with Crippen molar-refractivity contribution in [2.75, 3.05) is 11.9 Å². The van der Waals surface area contributed by atoms with E-state index in [-0.39, 0.29) is 17.7 Å². The van der Waals surface area contributed by atoms with Crippen molar-refractivity contribution in [2.45, 2.75) is 32.7 Å². The van der Waals surface area contributed by atoms with Crippen molar-refractivity contribution >= 4 is 23.4 Å². The monoisotopic (exact) mass is 289 g/mol. The van der Waals surface area contributed by atoms with E-state index in [0.717, 1.165) is 11.3 Å². The van der Waals surface area contributed by atoms with Gasteiger partial charge in [-0.25, -0.2) is 0 Å². The number of benzene rings is 1.